The van der Waals surface area contributed by atoms with Crippen LogP contribution in [-0.2, 0) is 138 Å². The van der Waals surface area contributed by atoms with Crippen LogP contribution in [0.1, 0.15) is 48.5 Å². The highest BCUT2D eigenvalue weighted by Gasteiger charge is 2.64. The Hall–Kier alpha value is -5.34. The zero-order valence-electron chi connectivity index (χ0n) is 81.1. The van der Waals surface area contributed by atoms with E-state index in [9.17, 15) is 187 Å². The molecule has 0 saturated carbocycles. The second-order valence-electron chi connectivity index (χ2n) is 38.1. The Morgan fingerprint density at radius 3 is 0.820 bits per heavy atom. The number of hydrogen-bond donors (Lipinski definition) is 37. The smallest absolute Gasteiger partial charge is 0.217 e. The summed E-state index contributed by atoms with van der Waals surface area (Å²) in [7, 11) is 0. The van der Waals surface area contributed by atoms with Gasteiger partial charge in [-0.05, 0) is 6.92 Å². The molecule has 12 saturated heterocycles. The molecule has 60 atom stereocenters. The standard InChI is InChI=1S/C84H140N6O60/c1-19-43(105)56(118)60(122)79(131-19)129-18-36-69(52(114)37(73(127)132-36)85-20(2)99)144-77-41(89-24(6)103)54(116)67(32(14-97)138-77)147-82-64(126)70(148-84-72(150-75-39(87-22(4)101)51(113)45(107)27(9-92)134-75)63(125)68(33(15-98)140-84)143-76-40(88-23(5)102)53(115)65(30(12-95)137-76)145-80-61(123)57(119)46(108)28(10-93)135-80)49(111)35(141-82)17-130-83-71(59(121)48(110)34(142-83)16-128-74-38(86-21(3)100)50(112)44(106)26(8-91)133-74)149-78-42(90-25(7)104)55(117)66(31(13-96)139-78)146-81-62(124)58(120)47(109)29(11-94)136-81/h19,26-84,91-98,105-127H,8-18H2,1-7H3,(H,85,99)(H,86,100)(H,87,101)(H,88,102)(H,89,103)(H,90,104)/t19-,26+,27+,28+,29+,30+,31+,32+,33+,34+,35+,36+,37+,38+,39+,40+,41+,42+,43+,44+,45+,46-,47-,48+,49+,50+,51+,52+,53+,54+,55+,56+,57-,58-,59-,60-,61+,62+,63-,64-,65+,66+,67+,68+,69+,70-,71-,72-,73+,74+,75-,76-,77-,78-,79+,80-,81-,82-,83-,84+/m0/s1. The molecule has 0 aromatic carbocycles. The molecule has 0 unspecified atom stereocenters. The van der Waals surface area contributed by atoms with Gasteiger partial charge in [-0.2, -0.15) is 0 Å². The molecule has 0 bridgehead atoms. The molecule has 66 nitrogen and oxygen atoms in total. The highest BCUT2D eigenvalue weighted by atomic mass is 16.8. The topological polar surface area (TPSA) is 1010 Å². The number of hydrogen-bond acceptors (Lipinski definition) is 60. The molecule has 12 rings (SSSR count). The molecular weight excluding hydrogens is 2050 g/mol. The highest BCUT2D eigenvalue weighted by Crippen LogP contribution is 2.43. The second-order valence-corrected chi connectivity index (χ2v) is 38.1. The summed E-state index contributed by atoms with van der Waals surface area (Å²) in [6.07, 6.45) is -117. The minimum atomic E-state index is -2.81. The van der Waals surface area contributed by atoms with Crippen LogP contribution in [0.15, 0.2) is 0 Å². The second kappa shape index (κ2) is 54.0. The van der Waals surface area contributed by atoms with E-state index in [0.29, 0.717) is 0 Å². The molecule has 12 heterocycles. The number of rotatable bonds is 39. The molecule has 12 aliphatic rings. The van der Waals surface area contributed by atoms with Crippen LogP contribution < -0.4 is 31.9 Å². The van der Waals surface area contributed by atoms with E-state index in [0.717, 1.165) is 41.5 Å². The van der Waals surface area contributed by atoms with E-state index >= 15 is 0 Å². The monoisotopic (exact) mass is 2190 g/mol. The first-order valence-electron chi connectivity index (χ1n) is 48.0. The fourth-order valence-electron chi connectivity index (χ4n) is 19.5. The van der Waals surface area contributed by atoms with Crippen molar-refractivity contribution < 1.29 is 296 Å². The van der Waals surface area contributed by atoms with Crippen LogP contribution >= 0.6 is 0 Å². The lowest BCUT2D eigenvalue weighted by atomic mass is 9.93. The number of carbonyl (C=O) groups excluding carboxylic acids is 6. The molecule has 0 aromatic heterocycles. The molecule has 37 N–H and O–H groups in total. The lowest BCUT2D eigenvalue weighted by Gasteiger charge is -2.52. The van der Waals surface area contributed by atoms with Gasteiger partial charge in [0, 0.05) is 41.5 Å². The van der Waals surface area contributed by atoms with Gasteiger partial charge in [0.15, 0.2) is 75.5 Å². The fraction of sp³-hybridized carbons (Fsp3) is 0.929. The van der Waals surface area contributed by atoms with Crippen molar-refractivity contribution in [1.82, 2.24) is 31.9 Å². The van der Waals surface area contributed by atoms with Crippen molar-refractivity contribution in [2.45, 2.75) is 417 Å². The van der Waals surface area contributed by atoms with Gasteiger partial charge in [-0.1, -0.05) is 0 Å². The summed E-state index contributed by atoms with van der Waals surface area (Å²) in [5.41, 5.74) is 0. The molecule has 0 aliphatic carbocycles. The third kappa shape index (κ3) is 27.7. The Morgan fingerprint density at radius 2 is 0.427 bits per heavy atom. The van der Waals surface area contributed by atoms with Crippen molar-refractivity contribution in [1.29, 1.82) is 0 Å². The molecule has 12 aliphatic heterocycles. The lowest BCUT2D eigenvalue weighted by Crippen LogP contribution is -2.71. The number of aliphatic hydroxyl groups is 31. The van der Waals surface area contributed by atoms with E-state index in [1.807, 2.05) is 0 Å². The van der Waals surface area contributed by atoms with Crippen molar-refractivity contribution in [3.8, 4) is 0 Å². The number of ether oxygens (including phenoxy) is 23. The van der Waals surface area contributed by atoms with Crippen molar-refractivity contribution >= 4 is 35.4 Å². The normalized spacial score (nSPS) is 48.8. The van der Waals surface area contributed by atoms with E-state index in [4.69, 9.17) is 109 Å². The van der Waals surface area contributed by atoms with E-state index in [1.54, 1.807) is 0 Å². The van der Waals surface area contributed by atoms with Gasteiger partial charge in [0.05, 0.1) is 78.8 Å². The largest absolute Gasteiger partial charge is 0.394 e. The maximum Gasteiger partial charge on any atom is 0.217 e. The molecule has 0 radical (unpaired) electrons. The number of nitrogens with one attached hydrogen (secondary N) is 6. The van der Waals surface area contributed by atoms with Gasteiger partial charge >= 0.3 is 0 Å². The van der Waals surface area contributed by atoms with Crippen LogP contribution in [0, 0.1) is 0 Å². The first kappa shape index (κ1) is 123. The van der Waals surface area contributed by atoms with Crippen molar-refractivity contribution in [3.05, 3.63) is 0 Å². The summed E-state index contributed by atoms with van der Waals surface area (Å²) < 4.78 is 139. The number of aliphatic hydroxyl groups excluding tert-OH is 31. The molecule has 0 aromatic rings. The van der Waals surface area contributed by atoms with Crippen LogP contribution in [0.3, 0.4) is 0 Å². The summed E-state index contributed by atoms with van der Waals surface area (Å²) in [6, 6.07) is -11.9. The minimum absolute atomic E-state index is 0.872. The van der Waals surface area contributed by atoms with E-state index in [1.165, 1.54) is 6.92 Å². The van der Waals surface area contributed by atoms with Gasteiger partial charge in [0.2, 0.25) is 35.4 Å². The highest BCUT2D eigenvalue weighted by molar-refractivity contribution is 5.75. The molecule has 0 spiro atoms. The molecule has 6 amide bonds. The first-order chi connectivity index (χ1) is 70.9. The van der Waals surface area contributed by atoms with Crippen LogP contribution in [0.4, 0.5) is 0 Å². The lowest BCUT2D eigenvalue weighted by molar-refractivity contribution is -0.405. The van der Waals surface area contributed by atoms with Gasteiger partial charge < -0.3 is 299 Å². The quantitative estimate of drug-likeness (QED) is 0.0272. The van der Waals surface area contributed by atoms with Crippen molar-refractivity contribution in [3.63, 3.8) is 0 Å². The van der Waals surface area contributed by atoms with Gasteiger partial charge in [0.1, 0.15) is 287 Å². The van der Waals surface area contributed by atoms with Gasteiger partial charge in [0.25, 0.3) is 0 Å². The summed E-state index contributed by atoms with van der Waals surface area (Å²) >= 11 is 0. The predicted molar refractivity (Wildman–Crippen MR) is 463 cm³/mol. The summed E-state index contributed by atoms with van der Waals surface area (Å²) in [6.45, 7) is -6.15. The van der Waals surface area contributed by atoms with Crippen molar-refractivity contribution in [2.24, 2.45) is 0 Å². The van der Waals surface area contributed by atoms with Crippen molar-refractivity contribution in [2.75, 3.05) is 72.7 Å². The number of amides is 6. The molecule has 150 heavy (non-hydrogen) atoms. The zero-order valence-corrected chi connectivity index (χ0v) is 81.1. The zero-order chi connectivity index (χ0) is 110. The van der Waals surface area contributed by atoms with Gasteiger partial charge in [-0.15, -0.1) is 0 Å². The third-order valence-electron chi connectivity index (χ3n) is 27.4. The average Bonchev–Trinajstić information content (AvgIpc) is 0.755. The van der Waals surface area contributed by atoms with Gasteiger partial charge in [-0.3, -0.25) is 28.8 Å². The first-order valence-corrected chi connectivity index (χ1v) is 48.0. The third-order valence-corrected chi connectivity index (χ3v) is 27.4. The van der Waals surface area contributed by atoms with E-state index in [2.05, 4.69) is 31.9 Å². The fourth-order valence-corrected chi connectivity index (χ4v) is 19.5. The molecule has 66 heteroatoms. The Kier molecular flexibility index (Phi) is 44.4. The maximum absolute atomic E-state index is 13.6. The Bertz CT molecular complexity index is 4250. The van der Waals surface area contributed by atoms with Crippen LogP contribution in [0.25, 0.3) is 0 Å². The summed E-state index contributed by atoms with van der Waals surface area (Å²) in [5.74, 6) is -5.89. The Labute approximate surface area is 849 Å². The SMILES string of the molecule is CC(=O)N[C@@H]1[C@@H](O)[C@H](O[C@@H]2O[C@H](CO)[C@@H](O[C@@H]3O[C@H](CO[C@H]4O[C@H](CO[C@@H]5O[C@H](CO)[C@@H](O)[C@H](O)[C@H]5NC(C)=O)[C@@H](O)[C@H](O)[C@@H]4O[C@@H]4O[C@H](CO)[C@@H](O[C@@H]5O[C@H](CO)[C@H](O)[C@H](O)[C@H]5O)[C@H](O)[C@H]4NC(C)=O)[C@@H](O)[C@H](O[C@H]4O[C@H](CO)[C@@H](O[C@@H]5O[C@H](CO)[C@@H](O[C@@H]6O[C@H](CO)[C@H](O)[C@H](O)[C@H]6O)[C@H](O)[C@H]5NC(C)=O)[C@H](O)[C@@H]4O[C@@H]4O[C@H](CO)[C@@H](O)[C@H](O)[C@H]4NC(C)=O)[C@@H]3O)[C@H](O)[C@H]2NC(C)=O)[C@@H](CO[C@@H]2O[C@@H](C)[C@@H](O)[C@@H](O)[C@@H]2O)O[C@H]1O. The summed E-state index contributed by atoms with van der Waals surface area (Å²) in [5, 5.41) is 367. The van der Waals surface area contributed by atoms with E-state index in [-0.39, 0.29) is 0 Å². The van der Waals surface area contributed by atoms with E-state index < -0.39 is 476 Å². The average molecular weight is 2190 g/mol. The Balaban J connectivity index is 0.943. The number of carbonyl (C=O) groups is 6. The van der Waals surface area contributed by atoms with Gasteiger partial charge in [-0.25, -0.2) is 0 Å². The molecular formula is C84H140N6O60. The Morgan fingerprint density at radius 1 is 0.187 bits per heavy atom. The molecule has 12 fully saturated rings. The summed E-state index contributed by atoms with van der Waals surface area (Å²) in [4.78, 5) is 78.5. The predicted octanol–water partition coefficient (Wildman–Crippen LogP) is -25.3. The molecule has 866 valence electrons. The maximum atomic E-state index is 13.6. The van der Waals surface area contributed by atoms with Crippen LogP contribution in [0.5, 0.6) is 0 Å². The van der Waals surface area contributed by atoms with Crippen LogP contribution in [-0.4, -0.2) is 635 Å². The van der Waals surface area contributed by atoms with Crippen LogP contribution in [0.2, 0.25) is 0 Å². The minimum Gasteiger partial charge on any atom is -0.394 e.